The minimum atomic E-state index is 0.501. The Hall–Kier alpha value is -1.28. The van der Waals surface area contributed by atoms with Gasteiger partial charge in [0.15, 0.2) is 6.26 Å². The molecule has 0 aliphatic rings. The number of aromatic nitrogens is 1. The highest BCUT2D eigenvalue weighted by Gasteiger charge is 2.05. The summed E-state index contributed by atoms with van der Waals surface area (Å²) in [6.07, 6.45) is 3.98. The van der Waals surface area contributed by atoms with Gasteiger partial charge in [0.05, 0.1) is 16.8 Å². The molecule has 0 bridgehead atoms. The molecule has 1 aromatic carbocycles. The van der Waals surface area contributed by atoms with Crippen molar-refractivity contribution in [3.63, 3.8) is 0 Å². The van der Waals surface area contributed by atoms with E-state index in [-0.39, 0.29) is 0 Å². The number of halogens is 1. The van der Waals surface area contributed by atoms with E-state index in [1.54, 1.807) is 6.07 Å². The normalized spacial score (nSPS) is 10.1. The van der Waals surface area contributed by atoms with Crippen molar-refractivity contribution >= 4 is 11.6 Å². The van der Waals surface area contributed by atoms with Crippen LogP contribution in [0.4, 0.5) is 0 Å². The van der Waals surface area contributed by atoms with Crippen molar-refractivity contribution in [3.8, 4) is 11.5 Å². The van der Waals surface area contributed by atoms with Crippen LogP contribution in [0.1, 0.15) is 0 Å². The van der Waals surface area contributed by atoms with Crippen LogP contribution >= 0.6 is 11.6 Å². The molecular formula is C9H5ClNO. The van der Waals surface area contributed by atoms with Gasteiger partial charge in [-0.3, -0.25) is 0 Å². The summed E-state index contributed by atoms with van der Waals surface area (Å²) < 4.78 is 4.98. The van der Waals surface area contributed by atoms with Crippen LogP contribution in [-0.2, 0) is 0 Å². The zero-order chi connectivity index (χ0) is 8.39. The van der Waals surface area contributed by atoms with E-state index in [4.69, 9.17) is 16.0 Å². The molecule has 1 radical (unpaired) electrons. The molecule has 12 heavy (non-hydrogen) atoms. The first-order valence-electron chi connectivity index (χ1n) is 3.45. The van der Waals surface area contributed by atoms with Crippen molar-refractivity contribution in [2.75, 3.05) is 0 Å². The maximum absolute atomic E-state index is 5.90. The fourth-order valence-corrected chi connectivity index (χ4v) is 1.17. The molecule has 0 amide bonds. The highest BCUT2D eigenvalue weighted by atomic mass is 35.5. The fraction of sp³-hybridized carbons (Fsp3) is 0. The van der Waals surface area contributed by atoms with Gasteiger partial charge in [-0.25, -0.2) is 4.98 Å². The third-order valence-corrected chi connectivity index (χ3v) is 1.82. The van der Waals surface area contributed by atoms with E-state index in [2.05, 4.69) is 11.2 Å². The standard InChI is InChI=1S/C9H5ClNO/c10-8-4-2-1-3-7(8)9-11-5-6-12-9/h1-5H. The lowest BCUT2D eigenvalue weighted by atomic mass is 10.2. The van der Waals surface area contributed by atoms with Crippen LogP contribution in [0.2, 0.25) is 5.02 Å². The van der Waals surface area contributed by atoms with Gasteiger partial charge < -0.3 is 4.42 Å². The number of hydrogen-bond donors (Lipinski definition) is 0. The molecule has 3 heteroatoms. The van der Waals surface area contributed by atoms with Crippen molar-refractivity contribution in [1.29, 1.82) is 0 Å². The van der Waals surface area contributed by atoms with Gasteiger partial charge in [-0.1, -0.05) is 23.7 Å². The molecule has 2 aromatic rings. The van der Waals surface area contributed by atoms with E-state index < -0.39 is 0 Å². The van der Waals surface area contributed by atoms with Gasteiger partial charge in [-0.05, 0) is 12.1 Å². The number of benzene rings is 1. The molecule has 0 aliphatic heterocycles. The maximum atomic E-state index is 5.90. The van der Waals surface area contributed by atoms with Gasteiger partial charge >= 0.3 is 0 Å². The predicted octanol–water partition coefficient (Wildman–Crippen LogP) is 2.80. The Morgan fingerprint density at radius 3 is 2.83 bits per heavy atom. The Kier molecular flexibility index (Phi) is 1.84. The first-order valence-corrected chi connectivity index (χ1v) is 3.82. The lowest BCUT2D eigenvalue weighted by Crippen LogP contribution is -1.76. The van der Waals surface area contributed by atoms with Gasteiger partial charge in [0.2, 0.25) is 5.89 Å². The summed E-state index contributed by atoms with van der Waals surface area (Å²) in [5.41, 5.74) is 0.792. The SMILES string of the molecule is Clc1ccccc1-c1nc[c]o1. The van der Waals surface area contributed by atoms with Crippen molar-refractivity contribution in [2.24, 2.45) is 0 Å². The first-order chi connectivity index (χ1) is 5.88. The average molecular weight is 179 g/mol. The van der Waals surface area contributed by atoms with Crippen LogP contribution in [-0.4, -0.2) is 4.98 Å². The third-order valence-electron chi connectivity index (χ3n) is 1.49. The largest absolute Gasteiger partial charge is 0.433 e. The maximum Gasteiger partial charge on any atom is 0.228 e. The minimum Gasteiger partial charge on any atom is -0.433 e. The second kappa shape index (κ2) is 2.99. The molecule has 2 nitrogen and oxygen atoms in total. The number of hydrogen-bond acceptors (Lipinski definition) is 2. The second-order valence-corrected chi connectivity index (χ2v) is 2.67. The van der Waals surface area contributed by atoms with E-state index in [1.807, 2.05) is 18.2 Å². The number of nitrogens with zero attached hydrogens (tertiary/aromatic N) is 1. The van der Waals surface area contributed by atoms with Gasteiger partial charge in [0, 0.05) is 0 Å². The highest BCUT2D eigenvalue weighted by molar-refractivity contribution is 6.33. The van der Waals surface area contributed by atoms with Crippen molar-refractivity contribution < 1.29 is 4.42 Å². The molecule has 2 rings (SSSR count). The van der Waals surface area contributed by atoms with Gasteiger partial charge in [0.25, 0.3) is 0 Å². The zero-order valence-corrected chi connectivity index (χ0v) is 6.88. The minimum absolute atomic E-state index is 0.501. The van der Waals surface area contributed by atoms with Crippen LogP contribution in [0.5, 0.6) is 0 Å². The summed E-state index contributed by atoms with van der Waals surface area (Å²) >= 11 is 5.90. The number of rotatable bonds is 1. The molecule has 1 aromatic heterocycles. The summed E-state index contributed by atoms with van der Waals surface area (Å²) in [4.78, 5) is 3.94. The quantitative estimate of drug-likeness (QED) is 0.671. The summed E-state index contributed by atoms with van der Waals surface area (Å²) in [6, 6.07) is 7.38. The molecule has 0 saturated carbocycles. The fourth-order valence-electron chi connectivity index (χ4n) is 0.953. The van der Waals surface area contributed by atoms with Crippen LogP contribution in [0.3, 0.4) is 0 Å². The van der Waals surface area contributed by atoms with Gasteiger partial charge in [-0.15, -0.1) is 0 Å². The van der Waals surface area contributed by atoms with E-state index in [0.717, 1.165) is 5.56 Å². The Morgan fingerprint density at radius 1 is 1.33 bits per heavy atom. The van der Waals surface area contributed by atoms with E-state index in [9.17, 15) is 0 Å². The van der Waals surface area contributed by atoms with Crippen molar-refractivity contribution in [2.45, 2.75) is 0 Å². The highest BCUT2D eigenvalue weighted by Crippen LogP contribution is 2.25. The number of oxazole rings is 1. The smallest absolute Gasteiger partial charge is 0.228 e. The Labute approximate surface area is 74.8 Å². The molecular weight excluding hydrogens is 174 g/mol. The summed E-state index contributed by atoms with van der Waals surface area (Å²) in [5, 5.41) is 0.633. The van der Waals surface area contributed by atoms with Crippen molar-refractivity contribution in [3.05, 3.63) is 41.7 Å². The summed E-state index contributed by atoms with van der Waals surface area (Å²) in [5.74, 6) is 0.501. The molecule has 0 fully saturated rings. The third kappa shape index (κ3) is 1.21. The van der Waals surface area contributed by atoms with Gasteiger partial charge in [-0.2, -0.15) is 0 Å². The summed E-state index contributed by atoms with van der Waals surface area (Å²) in [6.45, 7) is 0. The Morgan fingerprint density at radius 2 is 2.17 bits per heavy atom. The predicted molar refractivity (Wildman–Crippen MR) is 45.8 cm³/mol. The average Bonchev–Trinajstić information content (AvgIpc) is 2.57. The summed E-state index contributed by atoms with van der Waals surface area (Å²) in [7, 11) is 0. The van der Waals surface area contributed by atoms with E-state index in [1.165, 1.54) is 6.20 Å². The van der Waals surface area contributed by atoms with Crippen LogP contribution in [0.25, 0.3) is 11.5 Å². The molecule has 0 N–H and O–H groups in total. The Balaban J connectivity index is 2.55. The molecule has 0 saturated heterocycles. The lowest BCUT2D eigenvalue weighted by Gasteiger charge is -1.96. The van der Waals surface area contributed by atoms with Crippen LogP contribution < -0.4 is 0 Å². The molecule has 0 unspecified atom stereocenters. The van der Waals surface area contributed by atoms with Gasteiger partial charge in [0.1, 0.15) is 0 Å². The van der Waals surface area contributed by atoms with Crippen LogP contribution in [0, 0.1) is 6.26 Å². The molecule has 59 valence electrons. The van der Waals surface area contributed by atoms with Crippen molar-refractivity contribution in [1.82, 2.24) is 4.98 Å². The molecule has 0 aliphatic carbocycles. The molecule has 0 spiro atoms. The zero-order valence-electron chi connectivity index (χ0n) is 6.12. The monoisotopic (exact) mass is 178 g/mol. The second-order valence-electron chi connectivity index (χ2n) is 2.26. The lowest BCUT2D eigenvalue weighted by molar-refractivity contribution is 0.566. The molecule has 0 atom stereocenters. The van der Waals surface area contributed by atoms with E-state index >= 15 is 0 Å². The molecule has 1 heterocycles. The topological polar surface area (TPSA) is 26.0 Å². The van der Waals surface area contributed by atoms with E-state index in [0.29, 0.717) is 10.9 Å². The van der Waals surface area contributed by atoms with Crippen LogP contribution in [0.15, 0.2) is 34.9 Å². The first kappa shape index (κ1) is 7.37. The Bertz CT molecular complexity index is 370.